The fraction of sp³-hybridized carbons (Fsp3) is 0.278. The Morgan fingerprint density at radius 1 is 1.05 bits per heavy atom. The van der Waals surface area contributed by atoms with Crippen LogP contribution in [0.5, 0.6) is 0 Å². The van der Waals surface area contributed by atoms with E-state index >= 15 is 0 Å². The Balaban J connectivity index is 2.11. The number of cyclic esters (lactones) is 1. The molecule has 108 valence electrons. The number of esters is 1. The van der Waals surface area contributed by atoms with E-state index in [1.807, 2.05) is 49.4 Å². The summed E-state index contributed by atoms with van der Waals surface area (Å²) in [5.74, 6) is 0.377. The van der Waals surface area contributed by atoms with E-state index < -0.39 is 5.60 Å². The molecule has 0 N–H and O–H groups in total. The summed E-state index contributed by atoms with van der Waals surface area (Å²) in [5, 5.41) is 0. The normalized spacial score (nSPS) is 20.2. The number of carbonyl (C=O) groups excluding carboxylic acids is 1. The Hall–Kier alpha value is -1.80. The highest BCUT2D eigenvalue weighted by Crippen LogP contribution is 2.42. The minimum absolute atomic E-state index is 0.250. The van der Waals surface area contributed by atoms with Gasteiger partial charge in [0, 0.05) is 17.0 Å². The van der Waals surface area contributed by atoms with Crippen LogP contribution in [0.4, 0.5) is 0 Å². The van der Waals surface area contributed by atoms with Gasteiger partial charge in [-0.25, -0.2) is 4.79 Å². The number of aryl methyl sites for hydroxylation is 1. The predicted molar refractivity (Wildman–Crippen MR) is 83.8 cm³/mol. The molecule has 1 aliphatic heterocycles. The first-order chi connectivity index (χ1) is 10.2. The first-order valence-corrected chi connectivity index (χ1v) is 7.67. The lowest BCUT2D eigenvalue weighted by Crippen LogP contribution is -2.25. The van der Waals surface area contributed by atoms with Gasteiger partial charge < -0.3 is 4.74 Å². The largest absolute Gasteiger partial charge is 0.446 e. The van der Waals surface area contributed by atoms with Gasteiger partial charge in [0.25, 0.3) is 0 Å². The molecule has 0 saturated carbocycles. The van der Waals surface area contributed by atoms with Gasteiger partial charge in [-0.15, -0.1) is 11.6 Å². The fourth-order valence-corrected chi connectivity index (χ4v) is 3.17. The first kappa shape index (κ1) is 14.2. The molecule has 2 nitrogen and oxygen atoms in total. The van der Waals surface area contributed by atoms with Crippen molar-refractivity contribution in [1.82, 2.24) is 0 Å². The zero-order chi connectivity index (χ0) is 14.9. The molecule has 21 heavy (non-hydrogen) atoms. The van der Waals surface area contributed by atoms with E-state index in [-0.39, 0.29) is 5.97 Å². The zero-order valence-corrected chi connectivity index (χ0v) is 12.7. The van der Waals surface area contributed by atoms with Crippen molar-refractivity contribution >= 4 is 17.6 Å². The maximum absolute atomic E-state index is 12.1. The molecule has 1 unspecified atom stereocenters. The van der Waals surface area contributed by atoms with Crippen LogP contribution in [0.1, 0.15) is 40.4 Å². The third kappa shape index (κ3) is 2.34. The van der Waals surface area contributed by atoms with Crippen molar-refractivity contribution in [3.8, 4) is 0 Å². The van der Waals surface area contributed by atoms with Crippen LogP contribution in [0, 0.1) is 0 Å². The average molecular weight is 301 g/mol. The van der Waals surface area contributed by atoms with Crippen LogP contribution in [0.3, 0.4) is 0 Å². The molecule has 0 fully saturated rings. The minimum atomic E-state index is -0.712. The second kappa shape index (κ2) is 5.53. The highest BCUT2D eigenvalue weighted by atomic mass is 35.5. The first-order valence-electron chi connectivity index (χ1n) is 7.14. The quantitative estimate of drug-likeness (QED) is 0.622. The summed E-state index contributed by atoms with van der Waals surface area (Å²) >= 11 is 5.82. The molecule has 2 aromatic carbocycles. The van der Waals surface area contributed by atoms with Crippen LogP contribution in [0.2, 0.25) is 0 Å². The molecule has 2 aromatic rings. The number of hydrogen-bond acceptors (Lipinski definition) is 2. The summed E-state index contributed by atoms with van der Waals surface area (Å²) < 4.78 is 5.75. The number of carbonyl (C=O) groups is 1. The van der Waals surface area contributed by atoms with E-state index in [1.165, 1.54) is 5.56 Å². The van der Waals surface area contributed by atoms with Crippen LogP contribution in [-0.4, -0.2) is 11.8 Å². The summed E-state index contributed by atoms with van der Waals surface area (Å²) in [7, 11) is 0. The molecular weight excluding hydrogens is 284 g/mol. The van der Waals surface area contributed by atoms with E-state index in [0.29, 0.717) is 11.4 Å². The molecule has 0 bridgehead atoms. The molecule has 3 rings (SSSR count). The molecule has 3 heteroatoms. The maximum Gasteiger partial charge on any atom is 0.339 e. The Labute approximate surface area is 129 Å². The number of ether oxygens (including phenoxy) is 1. The summed E-state index contributed by atoms with van der Waals surface area (Å²) in [6, 6.07) is 15.7. The van der Waals surface area contributed by atoms with Crippen molar-refractivity contribution in [3.63, 3.8) is 0 Å². The number of rotatable bonds is 4. The van der Waals surface area contributed by atoms with Crippen molar-refractivity contribution < 1.29 is 9.53 Å². The topological polar surface area (TPSA) is 26.3 Å². The SMILES string of the molecule is CC1(c2ccccc2CCCCl)OC(=O)c2ccccc21. The van der Waals surface area contributed by atoms with Crippen LogP contribution >= 0.6 is 11.6 Å². The predicted octanol–water partition coefficient (Wildman–Crippen LogP) is 4.29. The average Bonchev–Trinajstić information content (AvgIpc) is 2.78. The third-order valence-corrected chi connectivity index (χ3v) is 4.34. The van der Waals surface area contributed by atoms with Gasteiger partial charge in [0.1, 0.15) is 0 Å². The molecular formula is C18H17ClO2. The highest BCUT2D eigenvalue weighted by Gasteiger charge is 2.43. The second-order valence-corrected chi connectivity index (χ2v) is 5.80. The van der Waals surface area contributed by atoms with Crippen LogP contribution in [0.25, 0.3) is 0 Å². The van der Waals surface area contributed by atoms with Gasteiger partial charge in [0.15, 0.2) is 5.60 Å². The number of fused-ring (bicyclic) bond motifs is 1. The van der Waals surface area contributed by atoms with Gasteiger partial charge in [-0.3, -0.25) is 0 Å². The molecule has 0 aromatic heterocycles. The second-order valence-electron chi connectivity index (χ2n) is 5.42. The Morgan fingerprint density at radius 2 is 1.71 bits per heavy atom. The van der Waals surface area contributed by atoms with E-state index in [1.54, 1.807) is 0 Å². The highest BCUT2D eigenvalue weighted by molar-refractivity contribution is 6.17. The monoisotopic (exact) mass is 300 g/mol. The molecule has 0 spiro atoms. The summed E-state index contributed by atoms with van der Waals surface area (Å²) in [4.78, 5) is 12.1. The molecule has 1 aliphatic rings. The van der Waals surface area contributed by atoms with E-state index in [0.717, 1.165) is 24.0 Å². The lowest BCUT2D eigenvalue weighted by molar-refractivity contribution is 0.0177. The molecule has 0 radical (unpaired) electrons. The van der Waals surface area contributed by atoms with E-state index in [2.05, 4.69) is 6.07 Å². The molecule has 1 atom stereocenters. The van der Waals surface area contributed by atoms with Crippen LogP contribution in [-0.2, 0) is 16.8 Å². The van der Waals surface area contributed by atoms with Gasteiger partial charge in [-0.05, 0) is 31.4 Å². The molecule has 1 heterocycles. The van der Waals surface area contributed by atoms with Gasteiger partial charge in [-0.2, -0.15) is 0 Å². The molecule has 0 amide bonds. The summed E-state index contributed by atoms with van der Waals surface area (Å²) in [6.45, 7) is 1.97. The number of hydrogen-bond donors (Lipinski definition) is 0. The summed E-state index contributed by atoms with van der Waals surface area (Å²) in [5.41, 5.74) is 3.12. The van der Waals surface area contributed by atoms with Crippen LogP contribution in [0.15, 0.2) is 48.5 Å². The van der Waals surface area contributed by atoms with Crippen LogP contribution < -0.4 is 0 Å². The number of alkyl halides is 1. The Morgan fingerprint density at radius 3 is 2.48 bits per heavy atom. The van der Waals surface area contributed by atoms with Gasteiger partial charge in [-0.1, -0.05) is 42.5 Å². The standard InChI is InChI=1S/C18H17ClO2/c1-18(15-10-4-2-7-13(15)8-6-12-19)16-11-5-3-9-14(16)17(20)21-18/h2-5,7,9-11H,6,8,12H2,1H3. The van der Waals surface area contributed by atoms with Crippen molar-refractivity contribution in [2.45, 2.75) is 25.4 Å². The smallest absolute Gasteiger partial charge is 0.339 e. The summed E-state index contributed by atoms with van der Waals surface area (Å²) in [6.07, 6.45) is 1.79. The Kier molecular flexibility index (Phi) is 3.73. The van der Waals surface area contributed by atoms with E-state index in [4.69, 9.17) is 16.3 Å². The van der Waals surface area contributed by atoms with E-state index in [9.17, 15) is 4.79 Å². The van der Waals surface area contributed by atoms with Crippen molar-refractivity contribution in [2.24, 2.45) is 0 Å². The van der Waals surface area contributed by atoms with Gasteiger partial charge >= 0.3 is 5.97 Å². The zero-order valence-electron chi connectivity index (χ0n) is 11.9. The fourth-order valence-electron chi connectivity index (χ4n) is 3.03. The lowest BCUT2D eigenvalue weighted by Gasteiger charge is -2.27. The minimum Gasteiger partial charge on any atom is -0.446 e. The Bertz CT molecular complexity index is 680. The number of halogens is 1. The van der Waals surface area contributed by atoms with Crippen molar-refractivity contribution in [1.29, 1.82) is 0 Å². The molecule has 0 saturated heterocycles. The lowest BCUT2D eigenvalue weighted by atomic mass is 9.83. The third-order valence-electron chi connectivity index (χ3n) is 4.07. The van der Waals surface area contributed by atoms with Crippen molar-refractivity contribution in [2.75, 3.05) is 5.88 Å². The van der Waals surface area contributed by atoms with Crippen molar-refractivity contribution in [3.05, 3.63) is 70.8 Å². The maximum atomic E-state index is 12.1. The number of benzene rings is 2. The molecule has 0 aliphatic carbocycles. The van der Waals surface area contributed by atoms with Gasteiger partial charge in [0.2, 0.25) is 0 Å². The van der Waals surface area contributed by atoms with Gasteiger partial charge in [0.05, 0.1) is 5.56 Å².